The minimum absolute atomic E-state index is 0. The van der Waals surface area contributed by atoms with E-state index in [-0.39, 0.29) is 24.0 Å². The highest BCUT2D eigenvalue weighted by molar-refractivity contribution is 5.92. The first-order valence-electron chi connectivity index (χ1n) is 7.13. The van der Waals surface area contributed by atoms with E-state index in [0.717, 1.165) is 11.3 Å². The first kappa shape index (κ1) is 16.5. The molecule has 0 bridgehead atoms. The fourth-order valence-electron chi connectivity index (χ4n) is 2.33. The number of aryl methyl sites for hydroxylation is 1. The Hall–Kier alpha value is -1.82. The number of pyridine rings is 1. The molecule has 0 aliphatic carbocycles. The zero-order valence-corrected chi connectivity index (χ0v) is 14.9. The zero-order valence-electron chi connectivity index (χ0n) is 12.7. The van der Waals surface area contributed by atoms with Crippen molar-refractivity contribution in [2.24, 2.45) is 7.05 Å². The number of aromatic amines is 1. The van der Waals surface area contributed by atoms with Gasteiger partial charge in [0, 0.05) is 29.2 Å². The van der Waals surface area contributed by atoms with Crippen molar-refractivity contribution in [3.8, 4) is 5.75 Å². The van der Waals surface area contributed by atoms with Gasteiger partial charge in [0.05, 0.1) is 6.61 Å². The summed E-state index contributed by atoms with van der Waals surface area (Å²) in [5.74, 6) is 0.908. The van der Waals surface area contributed by atoms with E-state index in [4.69, 9.17) is 4.74 Å². The molecule has 0 saturated carbocycles. The van der Waals surface area contributed by atoms with Gasteiger partial charge in [-0.2, -0.15) is 0 Å². The molecular weight excluding hydrogens is 387 g/mol. The Labute approximate surface area is 147 Å². The fourth-order valence-corrected chi connectivity index (χ4v) is 2.33. The molecule has 0 aliphatic rings. The number of rotatable bonds is 4. The molecule has 1 aromatic carbocycles. The van der Waals surface area contributed by atoms with E-state index in [2.05, 4.69) is 41.4 Å². The first-order valence-corrected chi connectivity index (χ1v) is 7.13. The third kappa shape index (κ3) is 3.68. The summed E-state index contributed by atoms with van der Waals surface area (Å²) in [6.07, 6.45) is 10.4. The smallest absolute Gasteiger partial charge is 0.169 e. The molecule has 0 radical (unpaired) electrons. The average Bonchev–Trinajstić information content (AvgIpc) is 2.90. The summed E-state index contributed by atoms with van der Waals surface area (Å²) in [6, 6.07) is 10.3. The summed E-state index contributed by atoms with van der Waals surface area (Å²) in [4.78, 5) is 3.29. The van der Waals surface area contributed by atoms with E-state index in [0.29, 0.717) is 6.61 Å². The average molecular weight is 406 g/mol. The van der Waals surface area contributed by atoms with Crippen molar-refractivity contribution < 1.29 is 33.3 Å². The highest BCUT2D eigenvalue weighted by atomic mass is 127. The van der Waals surface area contributed by atoms with Crippen LogP contribution in [-0.4, -0.2) is 11.6 Å². The first-order chi connectivity index (χ1) is 10.3. The molecular formula is C18H19IN2O. The van der Waals surface area contributed by atoms with Gasteiger partial charge in [-0.25, -0.2) is 4.57 Å². The van der Waals surface area contributed by atoms with Gasteiger partial charge in [-0.15, -0.1) is 0 Å². The summed E-state index contributed by atoms with van der Waals surface area (Å²) in [6.45, 7) is 2.68. The fraction of sp³-hybridized carbons (Fsp3) is 0.167. The summed E-state index contributed by atoms with van der Waals surface area (Å²) in [5.41, 5.74) is 3.47. The SMILES string of the molecule is CCOc1ccc2[nH]cc(/C=C\c3cc[n+](C)cc3)c2c1.[I-]. The quantitative estimate of drug-likeness (QED) is 0.498. The lowest BCUT2D eigenvalue weighted by atomic mass is 10.1. The lowest BCUT2D eigenvalue weighted by Crippen LogP contribution is -3.00. The molecule has 0 spiro atoms. The molecule has 0 aliphatic heterocycles. The van der Waals surface area contributed by atoms with Crippen molar-refractivity contribution in [3.63, 3.8) is 0 Å². The summed E-state index contributed by atoms with van der Waals surface area (Å²) >= 11 is 0. The third-order valence-electron chi connectivity index (χ3n) is 3.46. The lowest BCUT2D eigenvalue weighted by molar-refractivity contribution is -0.671. The third-order valence-corrected chi connectivity index (χ3v) is 3.46. The molecule has 4 heteroatoms. The Bertz CT molecular complexity index is 775. The minimum Gasteiger partial charge on any atom is -1.00 e. The highest BCUT2D eigenvalue weighted by Gasteiger charge is 2.03. The van der Waals surface area contributed by atoms with Gasteiger partial charge in [-0.05, 0) is 36.2 Å². The summed E-state index contributed by atoms with van der Waals surface area (Å²) < 4.78 is 7.60. The van der Waals surface area contributed by atoms with E-state index in [9.17, 15) is 0 Å². The van der Waals surface area contributed by atoms with E-state index in [1.165, 1.54) is 16.5 Å². The monoisotopic (exact) mass is 406 g/mol. The highest BCUT2D eigenvalue weighted by Crippen LogP contribution is 2.25. The number of fused-ring (bicyclic) bond motifs is 1. The normalized spacial score (nSPS) is 10.8. The van der Waals surface area contributed by atoms with Crippen molar-refractivity contribution in [1.82, 2.24) is 4.98 Å². The van der Waals surface area contributed by atoms with Crippen LogP contribution < -0.4 is 33.3 Å². The standard InChI is InChI=1S/C18H18N2O.HI/c1-3-21-16-6-7-18-17(12-16)15(13-19-18)5-4-14-8-10-20(2)11-9-14;/h4-13H,3H2,1-2H3;1H. The van der Waals surface area contributed by atoms with Crippen molar-refractivity contribution in [2.45, 2.75) is 6.92 Å². The molecule has 0 saturated heterocycles. The predicted octanol–water partition coefficient (Wildman–Crippen LogP) is 0.565. The molecule has 114 valence electrons. The van der Waals surface area contributed by atoms with Crippen LogP contribution >= 0.6 is 0 Å². The molecule has 2 aromatic heterocycles. The summed E-state index contributed by atoms with van der Waals surface area (Å²) in [5, 5.41) is 1.18. The molecule has 0 atom stereocenters. The molecule has 0 fully saturated rings. The second-order valence-electron chi connectivity index (χ2n) is 5.01. The van der Waals surface area contributed by atoms with Crippen LogP contribution in [0.3, 0.4) is 0 Å². The number of benzene rings is 1. The molecule has 3 rings (SSSR count). The van der Waals surface area contributed by atoms with Crippen LogP contribution in [0, 0.1) is 0 Å². The molecule has 0 amide bonds. The second-order valence-corrected chi connectivity index (χ2v) is 5.01. The molecule has 22 heavy (non-hydrogen) atoms. The van der Waals surface area contributed by atoms with Gasteiger partial charge in [0.2, 0.25) is 0 Å². The van der Waals surface area contributed by atoms with Crippen LogP contribution in [0.5, 0.6) is 5.75 Å². The van der Waals surface area contributed by atoms with Gasteiger partial charge in [0.25, 0.3) is 0 Å². The molecule has 3 nitrogen and oxygen atoms in total. The Morgan fingerprint density at radius 2 is 1.91 bits per heavy atom. The number of nitrogens with zero attached hydrogens (tertiary/aromatic N) is 1. The van der Waals surface area contributed by atoms with Gasteiger partial charge >= 0.3 is 0 Å². The number of aromatic nitrogens is 2. The van der Waals surface area contributed by atoms with E-state index >= 15 is 0 Å². The number of hydrogen-bond acceptors (Lipinski definition) is 1. The van der Waals surface area contributed by atoms with Gasteiger partial charge in [-0.3, -0.25) is 0 Å². The number of ether oxygens (including phenoxy) is 1. The number of H-pyrrole nitrogens is 1. The summed E-state index contributed by atoms with van der Waals surface area (Å²) in [7, 11) is 2.02. The number of halogens is 1. The van der Waals surface area contributed by atoms with Crippen LogP contribution in [-0.2, 0) is 7.05 Å². The van der Waals surface area contributed by atoms with Gasteiger partial charge < -0.3 is 33.7 Å². The van der Waals surface area contributed by atoms with Crippen molar-refractivity contribution in [1.29, 1.82) is 0 Å². The Morgan fingerprint density at radius 1 is 1.14 bits per heavy atom. The minimum atomic E-state index is 0. The number of nitrogens with one attached hydrogen (secondary N) is 1. The molecule has 2 heterocycles. The predicted molar refractivity (Wildman–Crippen MR) is 86.0 cm³/mol. The molecule has 3 aromatic rings. The Balaban J connectivity index is 0.00000176. The maximum Gasteiger partial charge on any atom is 0.169 e. The van der Waals surface area contributed by atoms with Crippen molar-refractivity contribution >= 4 is 23.1 Å². The second kappa shape index (κ2) is 7.45. The number of hydrogen-bond donors (Lipinski definition) is 1. The molecule has 0 unspecified atom stereocenters. The van der Waals surface area contributed by atoms with Gasteiger partial charge in [-0.1, -0.05) is 12.2 Å². The van der Waals surface area contributed by atoms with Crippen molar-refractivity contribution in [3.05, 3.63) is 60.0 Å². The van der Waals surface area contributed by atoms with Crippen LogP contribution in [0.15, 0.2) is 48.9 Å². The van der Waals surface area contributed by atoms with Gasteiger partial charge in [0.1, 0.15) is 12.8 Å². The van der Waals surface area contributed by atoms with E-state index in [1.807, 2.05) is 43.2 Å². The van der Waals surface area contributed by atoms with Crippen LogP contribution in [0.4, 0.5) is 0 Å². The Kier molecular flexibility index (Phi) is 5.60. The van der Waals surface area contributed by atoms with Crippen LogP contribution in [0.1, 0.15) is 18.1 Å². The van der Waals surface area contributed by atoms with Gasteiger partial charge in [0.15, 0.2) is 12.4 Å². The maximum absolute atomic E-state index is 5.57. The van der Waals surface area contributed by atoms with Crippen LogP contribution in [0.2, 0.25) is 0 Å². The maximum atomic E-state index is 5.57. The zero-order chi connectivity index (χ0) is 14.7. The molecule has 1 N–H and O–H groups in total. The Morgan fingerprint density at radius 3 is 2.64 bits per heavy atom. The van der Waals surface area contributed by atoms with Crippen LogP contribution in [0.25, 0.3) is 23.1 Å². The van der Waals surface area contributed by atoms with E-state index < -0.39 is 0 Å². The largest absolute Gasteiger partial charge is 1.00 e. The topological polar surface area (TPSA) is 28.9 Å². The lowest BCUT2D eigenvalue weighted by Gasteiger charge is -2.02. The van der Waals surface area contributed by atoms with Crippen molar-refractivity contribution in [2.75, 3.05) is 6.61 Å². The van der Waals surface area contributed by atoms with E-state index in [1.54, 1.807) is 0 Å².